The van der Waals surface area contributed by atoms with Gasteiger partial charge in [0.2, 0.25) is 5.82 Å². The fourth-order valence-electron chi connectivity index (χ4n) is 3.09. The van der Waals surface area contributed by atoms with E-state index in [1.807, 2.05) is 12.1 Å². The first-order valence-corrected chi connectivity index (χ1v) is 9.13. The summed E-state index contributed by atoms with van der Waals surface area (Å²) < 4.78 is 16.9. The van der Waals surface area contributed by atoms with E-state index < -0.39 is 5.97 Å². The second kappa shape index (κ2) is 8.16. The van der Waals surface area contributed by atoms with Crippen LogP contribution in [0.1, 0.15) is 11.6 Å². The van der Waals surface area contributed by atoms with Gasteiger partial charge in [-0.15, -0.1) is 0 Å². The molecule has 9 nitrogen and oxygen atoms in total. The fourth-order valence-corrected chi connectivity index (χ4v) is 3.09. The summed E-state index contributed by atoms with van der Waals surface area (Å²) in [6, 6.07) is 14.3. The molecule has 0 aliphatic rings. The normalized spacial score (nSPS) is 10.9. The number of esters is 1. The summed E-state index contributed by atoms with van der Waals surface area (Å²) in [5, 5.41) is 9.22. The molecule has 2 aromatic carbocycles. The Balaban J connectivity index is 1.47. The van der Waals surface area contributed by atoms with Crippen molar-refractivity contribution in [3.05, 3.63) is 70.5 Å². The third-order valence-electron chi connectivity index (χ3n) is 4.52. The lowest BCUT2D eigenvalue weighted by atomic mass is 10.1. The zero-order valence-corrected chi connectivity index (χ0v) is 16.4. The van der Waals surface area contributed by atoms with Crippen LogP contribution in [0.5, 0.6) is 5.75 Å². The van der Waals surface area contributed by atoms with Crippen molar-refractivity contribution in [2.45, 2.75) is 13.0 Å². The van der Waals surface area contributed by atoms with Gasteiger partial charge >= 0.3 is 5.97 Å². The van der Waals surface area contributed by atoms with Crippen LogP contribution in [0.2, 0.25) is 0 Å². The van der Waals surface area contributed by atoms with Crippen LogP contribution >= 0.6 is 0 Å². The van der Waals surface area contributed by atoms with Crippen LogP contribution in [0.3, 0.4) is 0 Å². The summed E-state index contributed by atoms with van der Waals surface area (Å²) in [5.74, 6) is 0.574. The van der Waals surface area contributed by atoms with E-state index in [9.17, 15) is 9.59 Å². The Bertz CT molecular complexity index is 1280. The molecule has 9 heteroatoms. The molecule has 0 N–H and O–H groups in total. The number of methoxy groups -OCH3 is 1. The van der Waals surface area contributed by atoms with Gasteiger partial charge in [-0.2, -0.15) is 10.1 Å². The maximum atomic E-state index is 12.3. The number of rotatable bonds is 6. The van der Waals surface area contributed by atoms with E-state index in [0.29, 0.717) is 33.6 Å². The standard InChI is InChI=1S/C21H18N4O5/c1-25-21(27)14-8-4-3-7-13(14)16(23-25)11-19(26)29-12-18-22-20(24-30-18)15-9-5-6-10-17(15)28-2/h3-10H,11-12H2,1-2H3. The highest BCUT2D eigenvalue weighted by atomic mass is 16.6. The minimum atomic E-state index is -0.525. The SMILES string of the molecule is COc1ccccc1-c1noc(COC(=O)Cc2nn(C)c(=O)c3ccccc23)n1. The summed E-state index contributed by atoms with van der Waals surface area (Å²) >= 11 is 0. The van der Waals surface area contributed by atoms with E-state index >= 15 is 0 Å². The topological polar surface area (TPSA) is 109 Å². The number of benzene rings is 2. The minimum absolute atomic E-state index is 0.0951. The molecular weight excluding hydrogens is 388 g/mol. The highest BCUT2D eigenvalue weighted by molar-refractivity contribution is 5.86. The van der Waals surface area contributed by atoms with Crippen LogP contribution in [-0.4, -0.2) is 33.0 Å². The van der Waals surface area contributed by atoms with Gasteiger partial charge < -0.3 is 14.0 Å². The summed E-state index contributed by atoms with van der Waals surface area (Å²) in [7, 11) is 3.10. The zero-order valence-electron chi connectivity index (χ0n) is 16.4. The Kier molecular flexibility index (Phi) is 5.25. The van der Waals surface area contributed by atoms with Crippen molar-refractivity contribution < 1.29 is 18.8 Å². The average Bonchev–Trinajstić information content (AvgIpc) is 3.25. The van der Waals surface area contributed by atoms with Crippen molar-refractivity contribution in [3.8, 4) is 17.1 Å². The Hall–Kier alpha value is -4.01. The molecule has 152 valence electrons. The van der Waals surface area contributed by atoms with Gasteiger partial charge in [0.1, 0.15) is 5.75 Å². The first kappa shape index (κ1) is 19.3. The Labute approximate surface area is 170 Å². The smallest absolute Gasteiger partial charge is 0.312 e. The molecule has 0 aliphatic carbocycles. The minimum Gasteiger partial charge on any atom is -0.496 e. The number of hydrogen-bond donors (Lipinski definition) is 0. The van der Waals surface area contributed by atoms with Crippen LogP contribution in [0.4, 0.5) is 0 Å². The Morgan fingerprint density at radius 2 is 1.83 bits per heavy atom. The molecule has 4 rings (SSSR count). The first-order chi connectivity index (χ1) is 14.6. The van der Waals surface area contributed by atoms with E-state index in [-0.39, 0.29) is 24.5 Å². The molecule has 0 radical (unpaired) electrons. The van der Waals surface area contributed by atoms with E-state index in [0.717, 1.165) is 0 Å². The number of aromatic nitrogens is 4. The number of carbonyl (C=O) groups excluding carboxylic acids is 1. The van der Waals surface area contributed by atoms with Gasteiger partial charge in [-0.1, -0.05) is 35.5 Å². The molecule has 4 aromatic rings. The highest BCUT2D eigenvalue weighted by Crippen LogP contribution is 2.27. The molecule has 0 spiro atoms. The molecule has 0 amide bonds. The molecule has 0 unspecified atom stereocenters. The lowest BCUT2D eigenvalue weighted by molar-refractivity contribution is -0.144. The van der Waals surface area contributed by atoms with Gasteiger partial charge in [-0.05, 0) is 18.2 Å². The molecule has 0 atom stereocenters. The third-order valence-corrected chi connectivity index (χ3v) is 4.52. The van der Waals surface area contributed by atoms with Crippen molar-refractivity contribution in [3.63, 3.8) is 0 Å². The lowest BCUT2D eigenvalue weighted by Crippen LogP contribution is -2.22. The van der Waals surface area contributed by atoms with E-state index in [2.05, 4.69) is 15.2 Å². The van der Waals surface area contributed by atoms with Gasteiger partial charge in [0.25, 0.3) is 11.4 Å². The van der Waals surface area contributed by atoms with Crippen molar-refractivity contribution in [2.24, 2.45) is 7.05 Å². The number of aryl methyl sites for hydroxylation is 1. The van der Waals surface area contributed by atoms with E-state index in [1.54, 1.807) is 50.6 Å². The van der Waals surface area contributed by atoms with Crippen LogP contribution in [-0.2, 0) is 29.6 Å². The summed E-state index contributed by atoms with van der Waals surface area (Å²) in [6.45, 7) is -0.176. The number of para-hydroxylation sites is 1. The monoisotopic (exact) mass is 406 g/mol. The number of nitrogens with zero attached hydrogens (tertiary/aromatic N) is 4. The summed E-state index contributed by atoms with van der Waals surface area (Å²) in [5.41, 5.74) is 0.901. The quantitative estimate of drug-likeness (QED) is 0.449. The maximum Gasteiger partial charge on any atom is 0.312 e. The predicted molar refractivity (Wildman–Crippen MR) is 107 cm³/mol. The summed E-state index contributed by atoms with van der Waals surface area (Å²) in [4.78, 5) is 28.8. The largest absolute Gasteiger partial charge is 0.496 e. The summed E-state index contributed by atoms with van der Waals surface area (Å²) in [6.07, 6.45) is -0.0951. The second-order valence-corrected chi connectivity index (χ2v) is 6.47. The van der Waals surface area contributed by atoms with Gasteiger partial charge in [-0.25, -0.2) is 4.68 Å². The number of fused-ring (bicyclic) bond motifs is 1. The second-order valence-electron chi connectivity index (χ2n) is 6.47. The molecule has 30 heavy (non-hydrogen) atoms. The van der Waals surface area contributed by atoms with Gasteiger partial charge in [0.15, 0.2) is 6.61 Å². The van der Waals surface area contributed by atoms with Crippen molar-refractivity contribution in [1.29, 1.82) is 0 Å². The molecule has 2 aromatic heterocycles. The number of ether oxygens (including phenoxy) is 2. The van der Waals surface area contributed by atoms with Gasteiger partial charge in [-0.3, -0.25) is 9.59 Å². The highest BCUT2D eigenvalue weighted by Gasteiger charge is 2.16. The van der Waals surface area contributed by atoms with Crippen LogP contribution in [0.25, 0.3) is 22.2 Å². The fraction of sp³-hybridized carbons (Fsp3) is 0.190. The number of hydrogen-bond acceptors (Lipinski definition) is 8. The molecule has 0 fully saturated rings. The zero-order chi connectivity index (χ0) is 21.1. The first-order valence-electron chi connectivity index (χ1n) is 9.13. The van der Waals surface area contributed by atoms with Crippen molar-refractivity contribution >= 4 is 16.7 Å². The van der Waals surface area contributed by atoms with Crippen molar-refractivity contribution in [2.75, 3.05) is 7.11 Å². The van der Waals surface area contributed by atoms with E-state index in [1.165, 1.54) is 4.68 Å². The van der Waals surface area contributed by atoms with Gasteiger partial charge in [0.05, 0.1) is 30.2 Å². The maximum absolute atomic E-state index is 12.3. The van der Waals surface area contributed by atoms with Gasteiger partial charge in [0, 0.05) is 12.4 Å². The third kappa shape index (κ3) is 3.77. The molecule has 0 bridgehead atoms. The van der Waals surface area contributed by atoms with Crippen molar-refractivity contribution in [1.82, 2.24) is 19.9 Å². The predicted octanol–water partition coefficient (Wildman–Crippen LogP) is 2.28. The van der Waals surface area contributed by atoms with E-state index in [4.69, 9.17) is 14.0 Å². The average molecular weight is 406 g/mol. The van der Waals surface area contributed by atoms with Crippen LogP contribution < -0.4 is 10.3 Å². The molecule has 0 saturated carbocycles. The molecule has 0 saturated heterocycles. The number of carbonyl (C=O) groups is 1. The Morgan fingerprint density at radius 1 is 1.10 bits per heavy atom. The molecule has 2 heterocycles. The lowest BCUT2D eigenvalue weighted by Gasteiger charge is -2.07. The van der Waals surface area contributed by atoms with Crippen LogP contribution in [0, 0.1) is 0 Å². The van der Waals surface area contributed by atoms with Crippen LogP contribution in [0.15, 0.2) is 57.8 Å². The molecule has 0 aliphatic heterocycles. The molecular formula is C21H18N4O5. The Morgan fingerprint density at radius 3 is 2.63 bits per heavy atom.